The van der Waals surface area contributed by atoms with Gasteiger partial charge >= 0.3 is 0 Å². The standard InChI is InChI=1S/C8H16O3S/c1-6-3-8(12(2,10)11)4-7(6)5-9/h6-9H,3-5H2,1-2H3/t6-,7+,8+/m0/s1. The molecule has 72 valence electrons. The SMILES string of the molecule is C[C@H]1C[C@@H](S(C)(=O)=O)C[C@@H]1CO. The molecule has 1 fully saturated rings. The first-order chi connectivity index (χ1) is 5.45. The molecule has 1 N–H and O–H groups in total. The van der Waals surface area contributed by atoms with Gasteiger partial charge < -0.3 is 5.11 Å². The van der Waals surface area contributed by atoms with E-state index in [2.05, 4.69) is 0 Å². The number of aliphatic hydroxyl groups is 1. The predicted molar refractivity (Wildman–Crippen MR) is 47.6 cm³/mol. The molecule has 1 rings (SSSR count). The lowest BCUT2D eigenvalue weighted by Gasteiger charge is -2.09. The molecule has 0 unspecified atom stereocenters. The van der Waals surface area contributed by atoms with Crippen LogP contribution in [0.5, 0.6) is 0 Å². The Kier molecular flexibility index (Phi) is 2.78. The van der Waals surface area contributed by atoms with Crippen molar-refractivity contribution in [3.8, 4) is 0 Å². The van der Waals surface area contributed by atoms with Crippen LogP contribution in [0.2, 0.25) is 0 Å². The van der Waals surface area contributed by atoms with Crippen LogP contribution in [0, 0.1) is 11.8 Å². The van der Waals surface area contributed by atoms with Crippen LogP contribution >= 0.6 is 0 Å². The van der Waals surface area contributed by atoms with Crippen LogP contribution in [0.1, 0.15) is 19.8 Å². The highest BCUT2D eigenvalue weighted by atomic mass is 32.2. The Morgan fingerprint density at radius 2 is 2.00 bits per heavy atom. The highest BCUT2D eigenvalue weighted by Crippen LogP contribution is 2.34. The molecule has 0 spiro atoms. The second-order valence-electron chi connectivity index (χ2n) is 3.84. The van der Waals surface area contributed by atoms with Gasteiger partial charge in [0.2, 0.25) is 0 Å². The Labute approximate surface area is 73.7 Å². The molecule has 0 aromatic heterocycles. The van der Waals surface area contributed by atoms with E-state index >= 15 is 0 Å². The van der Waals surface area contributed by atoms with Crippen LogP contribution in [0.25, 0.3) is 0 Å². The quantitative estimate of drug-likeness (QED) is 0.690. The number of hydrogen-bond donors (Lipinski definition) is 1. The van der Waals surface area contributed by atoms with Crippen molar-refractivity contribution in [2.45, 2.75) is 25.0 Å². The zero-order valence-corrected chi connectivity index (χ0v) is 8.34. The first kappa shape index (κ1) is 9.99. The summed E-state index contributed by atoms with van der Waals surface area (Å²) in [7, 11) is -2.89. The fraction of sp³-hybridized carbons (Fsp3) is 1.00. The molecule has 3 atom stereocenters. The molecule has 0 aromatic rings. The summed E-state index contributed by atoms with van der Waals surface area (Å²) in [5.41, 5.74) is 0. The second kappa shape index (κ2) is 3.34. The summed E-state index contributed by atoms with van der Waals surface area (Å²) in [6.45, 7) is 2.12. The van der Waals surface area contributed by atoms with Crippen molar-refractivity contribution >= 4 is 9.84 Å². The molecule has 0 aliphatic heterocycles. The van der Waals surface area contributed by atoms with Crippen molar-refractivity contribution in [3.63, 3.8) is 0 Å². The van der Waals surface area contributed by atoms with Gasteiger partial charge in [-0.25, -0.2) is 8.42 Å². The van der Waals surface area contributed by atoms with E-state index in [1.807, 2.05) is 6.92 Å². The maximum Gasteiger partial charge on any atom is 0.150 e. The third-order valence-corrected chi connectivity index (χ3v) is 4.44. The topological polar surface area (TPSA) is 54.4 Å². The van der Waals surface area contributed by atoms with Gasteiger partial charge in [0.05, 0.1) is 5.25 Å². The van der Waals surface area contributed by atoms with Crippen molar-refractivity contribution < 1.29 is 13.5 Å². The Balaban J connectivity index is 2.67. The highest BCUT2D eigenvalue weighted by Gasteiger charge is 2.36. The van der Waals surface area contributed by atoms with Crippen molar-refractivity contribution in [3.05, 3.63) is 0 Å². The molecular weight excluding hydrogens is 176 g/mol. The fourth-order valence-electron chi connectivity index (χ4n) is 1.88. The summed E-state index contributed by atoms with van der Waals surface area (Å²) in [5, 5.41) is 8.71. The van der Waals surface area contributed by atoms with E-state index in [1.165, 1.54) is 6.26 Å². The van der Waals surface area contributed by atoms with Gasteiger partial charge in [-0.1, -0.05) is 6.92 Å². The number of sulfone groups is 1. The molecule has 4 heteroatoms. The Morgan fingerprint density at radius 3 is 2.25 bits per heavy atom. The summed E-state index contributed by atoms with van der Waals surface area (Å²) >= 11 is 0. The van der Waals surface area contributed by atoms with Gasteiger partial charge in [0.15, 0.2) is 0 Å². The molecule has 1 saturated carbocycles. The van der Waals surface area contributed by atoms with E-state index in [4.69, 9.17) is 5.11 Å². The summed E-state index contributed by atoms with van der Waals surface area (Å²) < 4.78 is 22.3. The molecule has 0 radical (unpaired) electrons. The predicted octanol–water partition coefficient (Wildman–Crippen LogP) is 0.438. The minimum Gasteiger partial charge on any atom is -0.396 e. The lowest BCUT2D eigenvalue weighted by molar-refractivity contribution is 0.201. The first-order valence-corrected chi connectivity index (χ1v) is 6.20. The van der Waals surface area contributed by atoms with E-state index in [-0.39, 0.29) is 17.8 Å². The molecule has 0 amide bonds. The fourth-order valence-corrected chi connectivity index (χ4v) is 3.13. The van der Waals surface area contributed by atoms with Gasteiger partial charge in [0.25, 0.3) is 0 Å². The van der Waals surface area contributed by atoms with Gasteiger partial charge in [-0.05, 0) is 24.7 Å². The number of rotatable bonds is 2. The zero-order valence-electron chi connectivity index (χ0n) is 7.53. The molecule has 1 aliphatic carbocycles. The maximum absolute atomic E-state index is 11.2. The van der Waals surface area contributed by atoms with Gasteiger partial charge in [-0.2, -0.15) is 0 Å². The van der Waals surface area contributed by atoms with Crippen LogP contribution in [0.4, 0.5) is 0 Å². The van der Waals surface area contributed by atoms with E-state index in [1.54, 1.807) is 0 Å². The Bertz CT molecular complexity index is 245. The van der Waals surface area contributed by atoms with Crippen LogP contribution in [0.15, 0.2) is 0 Å². The largest absolute Gasteiger partial charge is 0.396 e. The molecular formula is C8H16O3S. The van der Waals surface area contributed by atoms with Gasteiger partial charge in [0, 0.05) is 12.9 Å². The third-order valence-electron chi connectivity index (χ3n) is 2.85. The first-order valence-electron chi connectivity index (χ1n) is 4.25. The molecule has 0 bridgehead atoms. The second-order valence-corrected chi connectivity index (χ2v) is 6.17. The van der Waals surface area contributed by atoms with Crippen molar-refractivity contribution in [1.29, 1.82) is 0 Å². The number of aliphatic hydroxyl groups excluding tert-OH is 1. The van der Waals surface area contributed by atoms with Gasteiger partial charge in [-0.3, -0.25) is 0 Å². The van der Waals surface area contributed by atoms with Crippen LogP contribution in [0.3, 0.4) is 0 Å². The zero-order chi connectivity index (χ0) is 9.35. The average molecular weight is 192 g/mol. The minimum atomic E-state index is -2.89. The summed E-state index contributed by atoms with van der Waals surface area (Å²) in [4.78, 5) is 0. The summed E-state index contributed by atoms with van der Waals surface area (Å²) in [6, 6.07) is 0. The Morgan fingerprint density at radius 1 is 1.42 bits per heavy atom. The number of hydrogen-bond acceptors (Lipinski definition) is 3. The molecule has 3 nitrogen and oxygen atoms in total. The average Bonchev–Trinajstić information content (AvgIpc) is 2.29. The van der Waals surface area contributed by atoms with Crippen molar-refractivity contribution in [1.82, 2.24) is 0 Å². The van der Waals surface area contributed by atoms with Gasteiger partial charge in [0.1, 0.15) is 9.84 Å². The van der Waals surface area contributed by atoms with Crippen LogP contribution in [-0.2, 0) is 9.84 Å². The van der Waals surface area contributed by atoms with Crippen molar-refractivity contribution in [2.75, 3.05) is 12.9 Å². The monoisotopic (exact) mass is 192 g/mol. The Hall–Kier alpha value is -0.0900. The smallest absolute Gasteiger partial charge is 0.150 e. The lowest BCUT2D eigenvalue weighted by atomic mass is 10.00. The van der Waals surface area contributed by atoms with Gasteiger partial charge in [-0.15, -0.1) is 0 Å². The normalized spacial score (nSPS) is 37.1. The van der Waals surface area contributed by atoms with Crippen LogP contribution in [-0.4, -0.2) is 31.6 Å². The molecule has 0 aromatic carbocycles. The van der Waals surface area contributed by atoms with Crippen LogP contribution < -0.4 is 0 Å². The minimum absolute atomic E-state index is 0.118. The van der Waals surface area contributed by atoms with Crippen molar-refractivity contribution in [2.24, 2.45) is 11.8 Å². The molecule has 0 saturated heterocycles. The lowest BCUT2D eigenvalue weighted by Crippen LogP contribution is -2.16. The molecule has 1 aliphatic rings. The van der Waals surface area contributed by atoms with E-state index in [9.17, 15) is 8.42 Å². The molecule has 12 heavy (non-hydrogen) atoms. The highest BCUT2D eigenvalue weighted by molar-refractivity contribution is 7.91. The van der Waals surface area contributed by atoms with E-state index < -0.39 is 9.84 Å². The summed E-state index contributed by atoms with van der Waals surface area (Å²) in [6.07, 6.45) is 2.63. The van der Waals surface area contributed by atoms with E-state index in [0.29, 0.717) is 18.8 Å². The molecule has 0 heterocycles. The third kappa shape index (κ3) is 1.98. The maximum atomic E-state index is 11.2. The summed E-state index contributed by atoms with van der Waals surface area (Å²) in [5.74, 6) is 0.527. The van der Waals surface area contributed by atoms with E-state index in [0.717, 1.165) is 0 Å².